The van der Waals surface area contributed by atoms with Gasteiger partial charge in [-0.1, -0.05) is 18.2 Å². The van der Waals surface area contributed by atoms with Crippen molar-refractivity contribution in [2.24, 2.45) is 14.1 Å². The van der Waals surface area contributed by atoms with Crippen LogP contribution < -0.4 is 16.6 Å². The first kappa shape index (κ1) is 20.1. The van der Waals surface area contributed by atoms with E-state index in [-0.39, 0.29) is 11.5 Å². The predicted molar refractivity (Wildman–Crippen MR) is 111 cm³/mol. The van der Waals surface area contributed by atoms with Gasteiger partial charge in [0.05, 0.1) is 16.9 Å². The lowest BCUT2D eigenvalue weighted by Crippen LogP contribution is -2.37. The summed E-state index contributed by atoms with van der Waals surface area (Å²) in [5, 5.41) is 7.38. The maximum Gasteiger partial charge on any atom is 0.330 e. The Labute approximate surface area is 167 Å². The largest absolute Gasteiger partial charge is 0.348 e. The van der Waals surface area contributed by atoms with E-state index in [1.165, 1.54) is 30.0 Å². The summed E-state index contributed by atoms with van der Waals surface area (Å²) in [6, 6.07) is 9.78. The van der Waals surface area contributed by atoms with Crippen LogP contribution in [0.15, 0.2) is 52.2 Å². The van der Waals surface area contributed by atoms with Gasteiger partial charge in [0, 0.05) is 44.2 Å². The van der Waals surface area contributed by atoms with Crippen molar-refractivity contribution in [1.82, 2.24) is 24.2 Å². The number of benzene rings is 1. The molecule has 29 heavy (non-hydrogen) atoms. The third kappa shape index (κ3) is 4.11. The molecular weight excluding hydrogens is 370 g/mol. The number of amides is 1. The average Bonchev–Trinajstić information content (AvgIpc) is 3.00. The molecule has 1 aromatic carbocycles. The third-order valence-corrected chi connectivity index (χ3v) is 4.77. The fraction of sp³-hybridized carbons (Fsp3) is 0.238. The first-order chi connectivity index (χ1) is 13.8. The van der Waals surface area contributed by atoms with Crippen molar-refractivity contribution in [1.29, 1.82) is 0 Å². The van der Waals surface area contributed by atoms with Crippen LogP contribution in [-0.2, 0) is 25.4 Å². The SMILES string of the molecule is Cc1nn(-c2ccccc2)c(C)c1CNC(=O)/C=C/c1cn(C)c(=O)n(C)c1=O. The van der Waals surface area contributed by atoms with Crippen LogP contribution >= 0.6 is 0 Å². The summed E-state index contributed by atoms with van der Waals surface area (Å²) in [7, 11) is 2.95. The molecule has 8 nitrogen and oxygen atoms in total. The molecule has 0 aliphatic carbocycles. The fourth-order valence-corrected chi connectivity index (χ4v) is 3.10. The zero-order chi connectivity index (χ0) is 21.1. The molecule has 0 spiro atoms. The topological polar surface area (TPSA) is 90.9 Å². The van der Waals surface area contributed by atoms with Gasteiger partial charge in [-0.25, -0.2) is 9.48 Å². The van der Waals surface area contributed by atoms with Crippen molar-refractivity contribution in [3.05, 3.63) is 86.0 Å². The van der Waals surface area contributed by atoms with E-state index in [0.717, 1.165) is 27.2 Å². The van der Waals surface area contributed by atoms with Crippen molar-refractivity contribution in [2.75, 3.05) is 0 Å². The lowest BCUT2D eigenvalue weighted by molar-refractivity contribution is -0.116. The molecule has 0 fully saturated rings. The second-order valence-corrected chi connectivity index (χ2v) is 6.79. The minimum Gasteiger partial charge on any atom is -0.348 e. The number of nitrogens with one attached hydrogen (secondary N) is 1. The fourth-order valence-electron chi connectivity index (χ4n) is 3.10. The minimum atomic E-state index is -0.451. The van der Waals surface area contributed by atoms with Crippen LogP contribution in [0.4, 0.5) is 0 Å². The number of nitrogens with zero attached hydrogens (tertiary/aromatic N) is 4. The number of hydrogen-bond donors (Lipinski definition) is 1. The Balaban J connectivity index is 1.74. The second-order valence-electron chi connectivity index (χ2n) is 6.79. The van der Waals surface area contributed by atoms with Gasteiger partial charge < -0.3 is 9.88 Å². The predicted octanol–water partition coefficient (Wildman–Crippen LogP) is 1.22. The van der Waals surface area contributed by atoms with E-state index in [1.807, 2.05) is 48.9 Å². The van der Waals surface area contributed by atoms with Crippen LogP contribution in [0.5, 0.6) is 0 Å². The monoisotopic (exact) mass is 393 g/mol. The molecule has 0 unspecified atom stereocenters. The number of carbonyl (C=O) groups is 1. The van der Waals surface area contributed by atoms with Gasteiger partial charge in [0.25, 0.3) is 5.56 Å². The van der Waals surface area contributed by atoms with Crippen LogP contribution in [-0.4, -0.2) is 24.8 Å². The van der Waals surface area contributed by atoms with E-state index in [9.17, 15) is 14.4 Å². The Morgan fingerprint density at radius 1 is 1.14 bits per heavy atom. The molecule has 150 valence electrons. The Morgan fingerprint density at radius 2 is 1.83 bits per heavy atom. The number of rotatable bonds is 5. The molecule has 2 heterocycles. The molecule has 2 aromatic heterocycles. The summed E-state index contributed by atoms with van der Waals surface area (Å²) >= 11 is 0. The molecule has 0 saturated carbocycles. The highest BCUT2D eigenvalue weighted by Crippen LogP contribution is 2.17. The quantitative estimate of drug-likeness (QED) is 0.660. The first-order valence-electron chi connectivity index (χ1n) is 9.12. The smallest absolute Gasteiger partial charge is 0.330 e. The lowest BCUT2D eigenvalue weighted by Gasteiger charge is -2.06. The van der Waals surface area contributed by atoms with E-state index < -0.39 is 11.2 Å². The summed E-state index contributed by atoms with van der Waals surface area (Å²) in [6.07, 6.45) is 4.10. The average molecular weight is 393 g/mol. The molecule has 3 aromatic rings. The van der Waals surface area contributed by atoms with Crippen molar-refractivity contribution >= 4 is 12.0 Å². The van der Waals surface area contributed by atoms with Crippen LogP contribution in [0.3, 0.4) is 0 Å². The zero-order valence-electron chi connectivity index (χ0n) is 16.8. The summed E-state index contributed by atoms with van der Waals surface area (Å²) < 4.78 is 4.15. The zero-order valence-corrected chi connectivity index (χ0v) is 16.8. The van der Waals surface area contributed by atoms with Crippen molar-refractivity contribution in [3.63, 3.8) is 0 Å². The summed E-state index contributed by atoms with van der Waals surface area (Å²) in [5.41, 5.74) is 3.07. The maximum atomic E-state index is 12.2. The molecule has 1 N–H and O–H groups in total. The van der Waals surface area contributed by atoms with Crippen LogP contribution in [0, 0.1) is 13.8 Å². The van der Waals surface area contributed by atoms with Gasteiger partial charge in [-0.05, 0) is 32.1 Å². The van der Waals surface area contributed by atoms with E-state index in [4.69, 9.17) is 0 Å². The van der Waals surface area contributed by atoms with Gasteiger partial charge in [-0.15, -0.1) is 0 Å². The number of carbonyl (C=O) groups excluding carboxylic acids is 1. The Bertz CT molecular complexity index is 1200. The van der Waals surface area contributed by atoms with Gasteiger partial charge in [0.1, 0.15) is 0 Å². The first-order valence-corrected chi connectivity index (χ1v) is 9.12. The summed E-state index contributed by atoms with van der Waals surface area (Å²) in [6.45, 7) is 4.18. The normalized spacial score (nSPS) is 11.2. The molecule has 0 saturated heterocycles. The molecule has 1 amide bonds. The molecular formula is C21H23N5O3. The second kappa shape index (κ2) is 8.14. The molecule has 0 aliphatic heterocycles. The van der Waals surface area contributed by atoms with Crippen LogP contribution in [0.1, 0.15) is 22.5 Å². The van der Waals surface area contributed by atoms with Crippen molar-refractivity contribution in [2.45, 2.75) is 20.4 Å². The Morgan fingerprint density at radius 3 is 2.52 bits per heavy atom. The van der Waals surface area contributed by atoms with E-state index in [0.29, 0.717) is 6.54 Å². The highest BCUT2D eigenvalue weighted by Gasteiger charge is 2.13. The van der Waals surface area contributed by atoms with Gasteiger partial charge in [-0.2, -0.15) is 5.10 Å². The molecule has 0 atom stereocenters. The molecule has 0 aliphatic rings. The van der Waals surface area contributed by atoms with E-state index in [2.05, 4.69) is 10.4 Å². The van der Waals surface area contributed by atoms with Gasteiger partial charge >= 0.3 is 5.69 Å². The Hall–Kier alpha value is -3.68. The highest BCUT2D eigenvalue weighted by molar-refractivity contribution is 5.91. The number of aromatic nitrogens is 4. The van der Waals surface area contributed by atoms with Crippen LogP contribution in [0.25, 0.3) is 11.8 Å². The Kier molecular flexibility index (Phi) is 5.63. The van der Waals surface area contributed by atoms with Gasteiger partial charge in [-0.3, -0.25) is 14.2 Å². The number of hydrogen-bond acceptors (Lipinski definition) is 4. The van der Waals surface area contributed by atoms with E-state index in [1.54, 1.807) is 7.05 Å². The van der Waals surface area contributed by atoms with Crippen molar-refractivity contribution < 1.29 is 4.79 Å². The summed E-state index contributed by atoms with van der Waals surface area (Å²) in [5.74, 6) is -0.341. The molecule has 8 heteroatoms. The maximum absolute atomic E-state index is 12.2. The number of para-hydroxylation sites is 1. The van der Waals surface area contributed by atoms with Crippen LogP contribution in [0.2, 0.25) is 0 Å². The standard InChI is InChI=1S/C21H23N5O3/c1-14-18(15(2)26(23-14)17-8-6-5-7-9-17)12-22-19(27)11-10-16-13-24(3)21(29)25(4)20(16)28/h5-11,13H,12H2,1-4H3,(H,22,27)/b11-10+. The van der Waals surface area contributed by atoms with E-state index >= 15 is 0 Å². The lowest BCUT2D eigenvalue weighted by atomic mass is 10.2. The summed E-state index contributed by atoms with van der Waals surface area (Å²) in [4.78, 5) is 36.1. The third-order valence-electron chi connectivity index (χ3n) is 4.77. The van der Waals surface area contributed by atoms with Gasteiger partial charge in [0.15, 0.2) is 0 Å². The van der Waals surface area contributed by atoms with Crippen molar-refractivity contribution in [3.8, 4) is 5.69 Å². The molecule has 3 rings (SSSR count). The molecule has 0 radical (unpaired) electrons. The number of aryl methyl sites for hydroxylation is 2. The van der Waals surface area contributed by atoms with Gasteiger partial charge in [0.2, 0.25) is 5.91 Å². The highest BCUT2D eigenvalue weighted by atomic mass is 16.2. The molecule has 0 bridgehead atoms. The minimum absolute atomic E-state index is 0.258.